The molecule has 0 aliphatic heterocycles. The van der Waals surface area contributed by atoms with Crippen LogP contribution >= 0.6 is 11.6 Å². The van der Waals surface area contributed by atoms with Crippen molar-refractivity contribution in [2.45, 2.75) is 13.8 Å². The molecule has 1 aromatic carbocycles. The van der Waals surface area contributed by atoms with Crippen LogP contribution in [0.5, 0.6) is 5.75 Å². The second kappa shape index (κ2) is 6.30. The van der Waals surface area contributed by atoms with E-state index in [2.05, 4.69) is 10.3 Å². The molecule has 0 atom stereocenters. The molecule has 2 aromatic heterocycles. The second-order valence-electron chi connectivity index (χ2n) is 5.03. The van der Waals surface area contributed by atoms with Crippen molar-refractivity contribution in [3.63, 3.8) is 0 Å². The molecule has 2 heterocycles. The van der Waals surface area contributed by atoms with E-state index >= 15 is 0 Å². The summed E-state index contributed by atoms with van der Waals surface area (Å²) in [6.07, 6.45) is 1.74. The molecular weight excluding hydrogens is 314 g/mol. The molecule has 0 bridgehead atoms. The molecule has 118 valence electrons. The number of aromatic nitrogens is 2. The lowest BCUT2D eigenvalue weighted by Crippen LogP contribution is -2.15. The van der Waals surface area contributed by atoms with Gasteiger partial charge in [-0.3, -0.25) is 9.20 Å². The predicted octanol–water partition coefficient (Wildman–Crippen LogP) is 3.95. The maximum absolute atomic E-state index is 12.6. The number of carbonyl (C=O) groups excluding carboxylic acids is 1. The summed E-state index contributed by atoms with van der Waals surface area (Å²) < 4.78 is 7.11. The van der Waals surface area contributed by atoms with E-state index < -0.39 is 0 Å². The van der Waals surface area contributed by atoms with E-state index in [1.165, 1.54) is 0 Å². The predicted molar refractivity (Wildman–Crippen MR) is 90.5 cm³/mol. The smallest absolute Gasteiger partial charge is 0.274 e. The number of amides is 1. The minimum Gasteiger partial charge on any atom is -0.494 e. The fraction of sp³-hybridized carbons (Fsp3) is 0.176. The summed E-state index contributed by atoms with van der Waals surface area (Å²) >= 11 is 5.96. The van der Waals surface area contributed by atoms with Gasteiger partial charge in [-0.15, -0.1) is 0 Å². The Kier molecular flexibility index (Phi) is 4.21. The number of benzene rings is 1. The lowest BCUT2D eigenvalue weighted by atomic mass is 10.2. The van der Waals surface area contributed by atoms with Crippen molar-refractivity contribution in [1.29, 1.82) is 0 Å². The summed E-state index contributed by atoms with van der Waals surface area (Å²) in [6.45, 7) is 4.33. The van der Waals surface area contributed by atoms with E-state index in [4.69, 9.17) is 16.3 Å². The molecule has 0 aliphatic carbocycles. The minimum atomic E-state index is -0.221. The molecule has 3 rings (SSSR count). The first-order valence-corrected chi connectivity index (χ1v) is 7.64. The van der Waals surface area contributed by atoms with Gasteiger partial charge in [-0.05, 0) is 44.2 Å². The largest absolute Gasteiger partial charge is 0.494 e. The van der Waals surface area contributed by atoms with Gasteiger partial charge in [0.15, 0.2) is 0 Å². The number of rotatable bonds is 4. The quantitative estimate of drug-likeness (QED) is 0.788. The number of ether oxygens (including phenoxy) is 1. The van der Waals surface area contributed by atoms with Gasteiger partial charge in [-0.1, -0.05) is 11.6 Å². The summed E-state index contributed by atoms with van der Waals surface area (Å²) in [6, 6.07) is 10.7. The zero-order valence-corrected chi connectivity index (χ0v) is 13.6. The highest BCUT2D eigenvalue weighted by molar-refractivity contribution is 6.30. The Bertz CT molecular complexity index is 856. The van der Waals surface area contributed by atoms with Crippen molar-refractivity contribution in [1.82, 2.24) is 9.38 Å². The molecule has 5 nitrogen and oxygen atoms in total. The molecular formula is C17H16ClN3O2. The van der Waals surface area contributed by atoms with Crippen LogP contribution in [0.2, 0.25) is 5.02 Å². The number of hydrogen-bond acceptors (Lipinski definition) is 3. The van der Waals surface area contributed by atoms with Crippen LogP contribution in [0.3, 0.4) is 0 Å². The number of imidazole rings is 1. The van der Waals surface area contributed by atoms with Gasteiger partial charge in [0.1, 0.15) is 17.1 Å². The summed E-state index contributed by atoms with van der Waals surface area (Å²) in [5.74, 6) is 0.549. The van der Waals surface area contributed by atoms with Gasteiger partial charge in [-0.2, -0.15) is 0 Å². The summed E-state index contributed by atoms with van der Waals surface area (Å²) in [5.41, 5.74) is 2.48. The average molecular weight is 330 g/mol. The minimum absolute atomic E-state index is 0.221. The van der Waals surface area contributed by atoms with Gasteiger partial charge in [0, 0.05) is 23.0 Å². The maximum Gasteiger partial charge on any atom is 0.274 e. The standard InChI is InChI=1S/C17H16ClN3O2/c1-3-23-14-6-4-13(5-7-14)20-17(22)16-11(2)19-15-10-12(18)8-9-21(15)16/h4-10H,3H2,1-2H3,(H,20,22). The van der Waals surface area contributed by atoms with Crippen LogP contribution in [0.1, 0.15) is 23.1 Å². The third-order valence-corrected chi connectivity index (χ3v) is 3.64. The molecule has 3 aromatic rings. The topological polar surface area (TPSA) is 55.6 Å². The number of anilines is 1. The van der Waals surface area contributed by atoms with Crippen LogP contribution in [0, 0.1) is 6.92 Å². The molecule has 0 saturated heterocycles. The van der Waals surface area contributed by atoms with E-state index in [-0.39, 0.29) is 5.91 Å². The van der Waals surface area contributed by atoms with Gasteiger partial charge < -0.3 is 10.1 Å². The van der Waals surface area contributed by atoms with Gasteiger partial charge in [-0.25, -0.2) is 4.98 Å². The first-order chi connectivity index (χ1) is 11.1. The highest BCUT2D eigenvalue weighted by Gasteiger charge is 2.16. The first-order valence-electron chi connectivity index (χ1n) is 7.27. The Morgan fingerprint density at radius 2 is 2.04 bits per heavy atom. The summed E-state index contributed by atoms with van der Waals surface area (Å²) in [5, 5.41) is 3.46. The van der Waals surface area contributed by atoms with Gasteiger partial charge in [0.05, 0.1) is 12.3 Å². The Balaban J connectivity index is 1.87. The third kappa shape index (κ3) is 3.14. The van der Waals surface area contributed by atoms with E-state index in [0.29, 0.717) is 34.4 Å². The van der Waals surface area contributed by atoms with E-state index in [9.17, 15) is 4.79 Å². The molecule has 0 fully saturated rings. The highest BCUT2D eigenvalue weighted by Crippen LogP contribution is 2.19. The molecule has 0 spiro atoms. The number of hydrogen-bond donors (Lipinski definition) is 1. The second-order valence-corrected chi connectivity index (χ2v) is 5.47. The fourth-order valence-electron chi connectivity index (χ4n) is 2.40. The van der Waals surface area contributed by atoms with Gasteiger partial charge in [0.25, 0.3) is 5.91 Å². The number of aryl methyl sites for hydroxylation is 1. The monoisotopic (exact) mass is 329 g/mol. The highest BCUT2D eigenvalue weighted by atomic mass is 35.5. The van der Waals surface area contributed by atoms with Crippen LogP contribution in [0.15, 0.2) is 42.6 Å². The fourth-order valence-corrected chi connectivity index (χ4v) is 2.56. The average Bonchev–Trinajstić information content (AvgIpc) is 2.84. The summed E-state index contributed by atoms with van der Waals surface area (Å²) in [4.78, 5) is 16.9. The molecule has 0 aliphatic rings. The maximum atomic E-state index is 12.6. The van der Waals surface area contributed by atoms with Crippen molar-refractivity contribution in [3.8, 4) is 5.75 Å². The molecule has 0 unspecified atom stereocenters. The first kappa shape index (κ1) is 15.4. The van der Waals surface area contributed by atoms with E-state index in [1.54, 1.807) is 41.8 Å². The SMILES string of the molecule is CCOc1ccc(NC(=O)c2c(C)nc3cc(Cl)ccn23)cc1. The Morgan fingerprint density at radius 3 is 2.74 bits per heavy atom. The number of nitrogens with zero attached hydrogens (tertiary/aromatic N) is 2. The van der Waals surface area contributed by atoms with Gasteiger partial charge >= 0.3 is 0 Å². The normalized spacial score (nSPS) is 10.7. The van der Waals surface area contributed by atoms with Crippen LogP contribution in [-0.2, 0) is 0 Å². The van der Waals surface area contributed by atoms with Gasteiger partial charge in [0.2, 0.25) is 0 Å². The number of pyridine rings is 1. The molecule has 0 saturated carbocycles. The number of nitrogens with one attached hydrogen (secondary N) is 1. The summed E-state index contributed by atoms with van der Waals surface area (Å²) in [7, 11) is 0. The number of halogens is 1. The molecule has 1 amide bonds. The Morgan fingerprint density at radius 1 is 1.30 bits per heavy atom. The lowest BCUT2D eigenvalue weighted by molar-refractivity contribution is 0.102. The lowest BCUT2D eigenvalue weighted by Gasteiger charge is -2.08. The zero-order valence-electron chi connectivity index (χ0n) is 12.8. The van der Waals surface area contributed by atoms with Crippen molar-refractivity contribution in [3.05, 3.63) is 59.0 Å². The van der Waals surface area contributed by atoms with Crippen molar-refractivity contribution >= 4 is 28.8 Å². The van der Waals surface area contributed by atoms with Crippen LogP contribution in [0.4, 0.5) is 5.69 Å². The van der Waals surface area contributed by atoms with Crippen LogP contribution < -0.4 is 10.1 Å². The van der Waals surface area contributed by atoms with Crippen molar-refractivity contribution < 1.29 is 9.53 Å². The Labute approximate surface area is 138 Å². The van der Waals surface area contributed by atoms with Crippen LogP contribution in [0.25, 0.3) is 5.65 Å². The van der Waals surface area contributed by atoms with Crippen LogP contribution in [-0.4, -0.2) is 21.9 Å². The number of fused-ring (bicyclic) bond motifs is 1. The molecule has 0 radical (unpaired) electrons. The molecule has 1 N–H and O–H groups in total. The Hall–Kier alpha value is -2.53. The van der Waals surface area contributed by atoms with Crippen molar-refractivity contribution in [2.24, 2.45) is 0 Å². The third-order valence-electron chi connectivity index (χ3n) is 3.40. The van der Waals surface area contributed by atoms with E-state index in [0.717, 1.165) is 5.75 Å². The van der Waals surface area contributed by atoms with E-state index in [1.807, 2.05) is 19.1 Å². The molecule has 23 heavy (non-hydrogen) atoms. The van der Waals surface area contributed by atoms with Crippen molar-refractivity contribution in [2.75, 3.05) is 11.9 Å². The molecule has 6 heteroatoms. The zero-order chi connectivity index (χ0) is 16.4. The number of carbonyl (C=O) groups is 1.